The van der Waals surface area contributed by atoms with Gasteiger partial charge in [-0.15, -0.1) is 0 Å². The van der Waals surface area contributed by atoms with Gasteiger partial charge < -0.3 is 20.1 Å². The molecule has 0 aromatic heterocycles. The number of ether oxygens (including phenoxy) is 2. The van der Waals surface area contributed by atoms with Gasteiger partial charge in [0, 0.05) is 31.7 Å². The van der Waals surface area contributed by atoms with Crippen LogP contribution in [0.4, 0.5) is 0 Å². The molecular formula is C23H34N2O3. The summed E-state index contributed by atoms with van der Waals surface area (Å²) in [5.41, 5.74) is 1.04. The van der Waals surface area contributed by atoms with Gasteiger partial charge in [0.25, 0.3) is 0 Å². The number of carbonyl (C=O) groups excluding carboxylic acids is 1. The summed E-state index contributed by atoms with van der Waals surface area (Å²) in [5, 5.41) is 6.89. The molecule has 2 N–H and O–H groups in total. The Morgan fingerprint density at radius 3 is 2.75 bits per heavy atom. The Balaban J connectivity index is 1.50. The minimum absolute atomic E-state index is 0.0501. The summed E-state index contributed by atoms with van der Waals surface area (Å²) in [6.45, 7) is 6.69. The van der Waals surface area contributed by atoms with E-state index >= 15 is 0 Å². The molecule has 28 heavy (non-hydrogen) atoms. The van der Waals surface area contributed by atoms with Crippen molar-refractivity contribution in [2.24, 2.45) is 11.3 Å². The molecule has 3 aliphatic rings. The quantitative estimate of drug-likeness (QED) is 0.789. The van der Waals surface area contributed by atoms with Gasteiger partial charge in [-0.1, -0.05) is 25.0 Å². The van der Waals surface area contributed by atoms with Crippen LogP contribution in [0, 0.1) is 11.3 Å². The van der Waals surface area contributed by atoms with Crippen LogP contribution in [0.5, 0.6) is 5.75 Å². The molecule has 4 rings (SSSR count). The molecule has 5 heteroatoms. The van der Waals surface area contributed by atoms with Crippen molar-refractivity contribution in [1.82, 2.24) is 10.6 Å². The maximum atomic E-state index is 13.4. The van der Waals surface area contributed by atoms with Crippen molar-refractivity contribution >= 4 is 5.91 Å². The molecule has 1 aromatic carbocycles. The molecule has 2 atom stereocenters. The lowest BCUT2D eigenvalue weighted by Crippen LogP contribution is -2.52. The van der Waals surface area contributed by atoms with E-state index < -0.39 is 0 Å². The van der Waals surface area contributed by atoms with E-state index in [1.54, 1.807) is 0 Å². The van der Waals surface area contributed by atoms with Gasteiger partial charge in [0.05, 0.1) is 12.0 Å². The van der Waals surface area contributed by atoms with Crippen LogP contribution in [0.25, 0.3) is 0 Å². The maximum absolute atomic E-state index is 13.4. The molecule has 1 aromatic rings. The second-order valence-electron chi connectivity index (χ2n) is 8.76. The third-order valence-electron chi connectivity index (χ3n) is 7.31. The van der Waals surface area contributed by atoms with Gasteiger partial charge in [0.15, 0.2) is 0 Å². The zero-order valence-electron chi connectivity index (χ0n) is 17.1. The summed E-state index contributed by atoms with van der Waals surface area (Å²) in [6.07, 6.45) is 6.51. The van der Waals surface area contributed by atoms with Crippen LogP contribution in [0.3, 0.4) is 0 Å². The van der Waals surface area contributed by atoms with E-state index in [4.69, 9.17) is 9.47 Å². The van der Waals surface area contributed by atoms with E-state index in [1.807, 2.05) is 6.92 Å². The van der Waals surface area contributed by atoms with E-state index in [0.29, 0.717) is 19.1 Å². The van der Waals surface area contributed by atoms with Gasteiger partial charge in [0.2, 0.25) is 5.91 Å². The number of rotatable bonds is 6. The van der Waals surface area contributed by atoms with E-state index in [1.165, 1.54) is 24.8 Å². The van der Waals surface area contributed by atoms with Crippen molar-refractivity contribution in [3.63, 3.8) is 0 Å². The van der Waals surface area contributed by atoms with E-state index in [0.717, 1.165) is 51.3 Å². The van der Waals surface area contributed by atoms with Crippen LogP contribution in [0.1, 0.15) is 51.0 Å². The zero-order valence-corrected chi connectivity index (χ0v) is 17.1. The smallest absolute Gasteiger partial charge is 0.227 e. The highest BCUT2D eigenvalue weighted by Gasteiger charge is 2.50. The average Bonchev–Trinajstić information content (AvgIpc) is 3.19. The van der Waals surface area contributed by atoms with Gasteiger partial charge in [-0.25, -0.2) is 0 Å². The predicted molar refractivity (Wildman–Crippen MR) is 110 cm³/mol. The van der Waals surface area contributed by atoms with Crippen LogP contribution in [0.15, 0.2) is 24.3 Å². The van der Waals surface area contributed by atoms with Crippen molar-refractivity contribution in [1.29, 1.82) is 0 Å². The van der Waals surface area contributed by atoms with Crippen LogP contribution in [-0.4, -0.2) is 45.4 Å². The molecule has 1 saturated carbocycles. The molecule has 0 radical (unpaired) electrons. The van der Waals surface area contributed by atoms with Crippen molar-refractivity contribution in [3.8, 4) is 5.75 Å². The number of hydrogen-bond donors (Lipinski definition) is 2. The summed E-state index contributed by atoms with van der Waals surface area (Å²) >= 11 is 0. The molecule has 5 nitrogen and oxygen atoms in total. The van der Waals surface area contributed by atoms with Crippen LogP contribution in [-0.2, 0) is 14.9 Å². The number of hydrogen-bond acceptors (Lipinski definition) is 4. The number of benzene rings is 1. The number of fused-ring (bicyclic) bond motifs is 1. The molecule has 154 valence electrons. The predicted octanol–water partition coefficient (Wildman–Crippen LogP) is 3.03. The first kappa shape index (κ1) is 19.7. The van der Waals surface area contributed by atoms with Gasteiger partial charge in [-0.3, -0.25) is 4.79 Å². The van der Waals surface area contributed by atoms with Crippen molar-refractivity contribution in [2.45, 2.75) is 50.9 Å². The maximum Gasteiger partial charge on any atom is 0.227 e. The molecule has 2 aliphatic heterocycles. The SMILES string of the molecule is CCOc1ccc(C2(CNC(=O)[C@@]34CCCC[C@H]3CNC4)CCOCC2)cc1. The van der Waals surface area contributed by atoms with Crippen molar-refractivity contribution in [2.75, 3.05) is 39.5 Å². The minimum atomic E-state index is -0.191. The Bertz CT molecular complexity index is 669. The molecule has 1 aliphatic carbocycles. The molecular weight excluding hydrogens is 352 g/mol. The molecule has 0 spiro atoms. The first-order valence-corrected chi connectivity index (χ1v) is 11.0. The molecule has 0 unspecified atom stereocenters. The summed E-state index contributed by atoms with van der Waals surface area (Å²) in [7, 11) is 0. The summed E-state index contributed by atoms with van der Waals surface area (Å²) in [6, 6.07) is 8.44. The lowest BCUT2D eigenvalue weighted by molar-refractivity contribution is -0.134. The molecule has 1 amide bonds. The summed E-state index contributed by atoms with van der Waals surface area (Å²) < 4.78 is 11.3. The van der Waals surface area contributed by atoms with Crippen molar-refractivity contribution < 1.29 is 14.3 Å². The number of carbonyl (C=O) groups is 1. The normalized spacial score (nSPS) is 29.1. The van der Waals surface area contributed by atoms with Crippen LogP contribution in [0.2, 0.25) is 0 Å². The highest BCUT2D eigenvalue weighted by molar-refractivity contribution is 5.84. The standard InChI is InChI=1S/C23H34N2O3/c1-2-28-20-8-6-18(7-9-20)22(11-13-27-14-12-22)16-25-21(26)23-10-4-3-5-19(23)15-24-17-23/h6-9,19,24H,2-5,10-17H2,1H3,(H,25,26)/t19-,23+/m0/s1. The fourth-order valence-corrected chi connectivity index (χ4v) is 5.52. The zero-order chi connectivity index (χ0) is 19.5. The summed E-state index contributed by atoms with van der Waals surface area (Å²) in [5.74, 6) is 1.66. The Labute approximate surface area is 168 Å². The highest BCUT2D eigenvalue weighted by Crippen LogP contribution is 2.44. The van der Waals surface area contributed by atoms with E-state index in [9.17, 15) is 4.79 Å². The largest absolute Gasteiger partial charge is 0.494 e. The second kappa shape index (κ2) is 8.42. The van der Waals surface area contributed by atoms with E-state index in [2.05, 4.69) is 34.9 Å². The Kier molecular flexibility index (Phi) is 5.93. The van der Waals surface area contributed by atoms with Crippen LogP contribution >= 0.6 is 0 Å². The topological polar surface area (TPSA) is 59.6 Å². The summed E-state index contributed by atoms with van der Waals surface area (Å²) in [4.78, 5) is 13.4. The average molecular weight is 387 g/mol. The number of nitrogens with one attached hydrogen (secondary N) is 2. The fraction of sp³-hybridized carbons (Fsp3) is 0.696. The van der Waals surface area contributed by atoms with Gasteiger partial charge >= 0.3 is 0 Å². The van der Waals surface area contributed by atoms with E-state index in [-0.39, 0.29) is 16.7 Å². The second-order valence-corrected chi connectivity index (χ2v) is 8.76. The Morgan fingerprint density at radius 2 is 2.00 bits per heavy atom. The monoisotopic (exact) mass is 386 g/mol. The third kappa shape index (κ3) is 3.67. The van der Waals surface area contributed by atoms with Crippen molar-refractivity contribution in [3.05, 3.63) is 29.8 Å². The minimum Gasteiger partial charge on any atom is -0.494 e. The first-order valence-electron chi connectivity index (χ1n) is 11.0. The lowest BCUT2D eigenvalue weighted by Gasteiger charge is -2.41. The Hall–Kier alpha value is -1.59. The first-order chi connectivity index (χ1) is 13.7. The number of amides is 1. The van der Waals surface area contributed by atoms with Crippen LogP contribution < -0.4 is 15.4 Å². The highest BCUT2D eigenvalue weighted by atomic mass is 16.5. The molecule has 2 heterocycles. The fourth-order valence-electron chi connectivity index (χ4n) is 5.52. The lowest BCUT2D eigenvalue weighted by atomic mass is 9.67. The molecule has 3 fully saturated rings. The molecule has 2 saturated heterocycles. The Morgan fingerprint density at radius 1 is 1.21 bits per heavy atom. The van der Waals surface area contributed by atoms with Gasteiger partial charge in [0.1, 0.15) is 5.75 Å². The van der Waals surface area contributed by atoms with Gasteiger partial charge in [-0.05, 0) is 62.8 Å². The van der Waals surface area contributed by atoms with Gasteiger partial charge in [-0.2, -0.15) is 0 Å². The molecule has 0 bridgehead atoms. The third-order valence-corrected chi connectivity index (χ3v) is 7.31.